The Labute approximate surface area is 166 Å². The minimum Gasteiger partial charge on any atom is -0.445 e. The van der Waals surface area contributed by atoms with E-state index < -0.39 is 6.09 Å². The Bertz CT molecular complexity index is 1090. The average molecular weight is 394 g/mol. The Morgan fingerprint density at radius 3 is 2.97 bits per heavy atom. The Morgan fingerprint density at radius 1 is 1.38 bits per heavy atom. The van der Waals surface area contributed by atoms with Gasteiger partial charge in [0.2, 0.25) is 5.95 Å². The molecule has 0 spiro atoms. The topological polar surface area (TPSA) is 110 Å². The minimum atomic E-state index is -0.797. The number of nitrogens with zero attached hydrogens (tertiary/aromatic N) is 5. The predicted molar refractivity (Wildman–Crippen MR) is 104 cm³/mol. The number of ether oxygens (including phenoxy) is 1. The number of amides is 1. The molecule has 148 valence electrons. The van der Waals surface area contributed by atoms with E-state index in [1.165, 1.54) is 18.3 Å². The van der Waals surface area contributed by atoms with Crippen LogP contribution in [0.1, 0.15) is 24.1 Å². The van der Waals surface area contributed by atoms with Gasteiger partial charge in [0.25, 0.3) is 0 Å². The highest BCUT2D eigenvalue weighted by Gasteiger charge is 2.26. The number of carbonyl (C=O) groups is 1. The number of primary amides is 1. The number of benzene rings is 1. The first-order chi connectivity index (χ1) is 14.0. The van der Waals surface area contributed by atoms with Gasteiger partial charge in [0, 0.05) is 18.8 Å². The van der Waals surface area contributed by atoms with Gasteiger partial charge in [-0.2, -0.15) is 5.26 Å². The second kappa shape index (κ2) is 7.75. The number of nitrogens with two attached hydrogens (primary N) is 1. The normalized spacial score (nSPS) is 16.6. The van der Waals surface area contributed by atoms with Crippen molar-refractivity contribution in [3.63, 3.8) is 0 Å². The molecule has 1 aromatic carbocycles. The van der Waals surface area contributed by atoms with Crippen LogP contribution in [-0.2, 0) is 11.3 Å². The summed E-state index contributed by atoms with van der Waals surface area (Å²) in [7, 11) is 0. The van der Waals surface area contributed by atoms with Crippen molar-refractivity contribution in [1.82, 2.24) is 14.5 Å². The molecule has 0 bridgehead atoms. The fourth-order valence-electron chi connectivity index (χ4n) is 3.61. The van der Waals surface area contributed by atoms with Crippen LogP contribution in [0.4, 0.5) is 15.1 Å². The Morgan fingerprint density at radius 2 is 2.24 bits per heavy atom. The molecule has 1 saturated heterocycles. The van der Waals surface area contributed by atoms with Crippen LogP contribution in [0, 0.1) is 17.1 Å². The second-order valence-electron chi connectivity index (χ2n) is 6.93. The number of rotatable bonds is 4. The van der Waals surface area contributed by atoms with Gasteiger partial charge < -0.3 is 19.9 Å². The summed E-state index contributed by atoms with van der Waals surface area (Å²) >= 11 is 0. The summed E-state index contributed by atoms with van der Waals surface area (Å²) in [6.45, 7) is 1.59. The van der Waals surface area contributed by atoms with Gasteiger partial charge in [0.05, 0.1) is 35.4 Å². The molecule has 0 saturated carbocycles. The van der Waals surface area contributed by atoms with Crippen LogP contribution in [0.25, 0.3) is 11.0 Å². The number of hydrogen-bond acceptors (Lipinski definition) is 6. The number of piperidine rings is 1. The number of anilines is 1. The van der Waals surface area contributed by atoms with Crippen molar-refractivity contribution in [1.29, 1.82) is 5.26 Å². The van der Waals surface area contributed by atoms with Crippen molar-refractivity contribution in [2.45, 2.75) is 25.5 Å². The third-order valence-corrected chi connectivity index (χ3v) is 4.91. The Balaban J connectivity index is 1.71. The monoisotopic (exact) mass is 394 g/mol. The van der Waals surface area contributed by atoms with Crippen LogP contribution in [0.3, 0.4) is 0 Å². The maximum atomic E-state index is 13.8. The number of halogens is 1. The third-order valence-electron chi connectivity index (χ3n) is 4.91. The second-order valence-corrected chi connectivity index (χ2v) is 6.93. The zero-order chi connectivity index (χ0) is 20.4. The number of aromatic nitrogens is 3. The fraction of sp³-hybridized carbons (Fsp3) is 0.300. The van der Waals surface area contributed by atoms with E-state index in [-0.39, 0.29) is 11.9 Å². The average Bonchev–Trinajstić information content (AvgIpc) is 3.05. The first-order valence-corrected chi connectivity index (χ1v) is 9.25. The van der Waals surface area contributed by atoms with Gasteiger partial charge in [-0.15, -0.1) is 0 Å². The van der Waals surface area contributed by atoms with E-state index in [0.717, 1.165) is 30.6 Å². The van der Waals surface area contributed by atoms with Crippen LogP contribution in [0.2, 0.25) is 0 Å². The van der Waals surface area contributed by atoms with Crippen molar-refractivity contribution < 1.29 is 13.9 Å². The van der Waals surface area contributed by atoms with E-state index in [1.807, 2.05) is 15.5 Å². The molecule has 9 heteroatoms. The van der Waals surface area contributed by atoms with Crippen molar-refractivity contribution >= 4 is 23.1 Å². The smallest absolute Gasteiger partial charge is 0.404 e. The molecule has 1 fully saturated rings. The van der Waals surface area contributed by atoms with Crippen molar-refractivity contribution in [3.05, 3.63) is 53.6 Å². The van der Waals surface area contributed by atoms with Gasteiger partial charge in [-0.25, -0.2) is 14.2 Å². The lowest BCUT2D eigenvalue weighted by molar-refractivity contribution is 0.0961. The molecule has 1 amide bonds. The summed E-state index contributed by atoms with van der Waals surface area (Å²) < 4.78 is 20.9. The van der Waals surface area contributed by atoms with Gasteiger partial charge >= 0.3 is 6.09 Å². The maximum Gasteiger partial charge on any atom is 0.404 e. The summed E-state index contributed by atoms with van der Waals surface area (Å²) in [5.74, 6) is 0.285. The molecule has 2 N–H and O–H groups in total. The van der Waals surface area contributed by atoms with E-state index in [4.69, 9.17) is 15.7 Å². The number of nitriles is 1. The Kier molecular flexibility index (Phi) is 4.99. The summed E-state index contributed by atoms with van der Waals surface area (Å²) in [5, 5.41) is 8.96. The van der Waals surface area contributed by atoms with Crippen molar-refractivity contribution in [2.75, 3.05) is 18.0 Å². The molecule has 29 heavy (non-hydrogen) atoms. The zero-order valence-electron chi connectivity index (χ0n) is 15.6. The summed E-state index contributed by atoms with van der Waals surface area (Å²) in [6.07, 6.45) is 1.94. The zero-order valence-corrected chi connectivity index (χ0v) is 15.6. The predicted octanol–water partition coefficient (Wildman–Crippen LogP) is 2.55. The lowest BCUT2D eigenvalue weighted by Gasteiger charge is -2.33. The number of carbonyl (C=O) groups excluding carboxylic acids is 1. The standard InChI is InChI=1S/C20H19FN6O2/c21-14-4-6-18-17(8-14)25-20(26-7-1-2-16(12-26)29-19(23)28)27(18)11-15-5-3-13(9-22)10-24-15/h3-6,8,10,16H,1-2,7,11-12H2,(H2,23,28)/t16-/m0/s1. The molecular formula is C20H19FN6O2. The maximum absolute atomic E-state index is 13.8. The summed E-state index contributed by atoms with van der Waals surface area (Å²) in [5.41, 5.74) is 7.70. The number of pyridine rings is 1. The molecule has 1 aliphatic heterocycles. The molecule has 4 rings (SSSR count). The molecule has 3 heterocycles. The van der Waals surface area contributed by atoms with E-state index in [1.54, 1.807) is 18.2 Å². The van der Waals surface area contributed by atoms with E-state index >= 15 is 0 Å². The van der Waals surface area contributed by atoms with Crippen LogP contribution in [0.5, 0.6) is 0 Å². The first kappa shape index (κ1) is 18.7. The Hall–Kier alpha value is -3.67. The molecule has 8 nitrogen and oxygen atoms in total. The highest BCUT2D eigenvalue weighted by Crippen LogP contribution is 2.27. The molecule has 0 unspecified atom stereocenters. The number of fused-ring (bicyclic) bond motifs is 1. The molecule has 0 aliphatic carbocycles. The molecule has 3 aromatic rings. The van der Waals surface area contributed by atoms with Gasteiger partial charge in [-0.1, -0.05) is 0 Å². The minimum absolute atomic E-state index is 0.320. The van der Waals surface area contributed by atoms with E-state index in [0.29, 0.717) is 30.1 Å². The third kappa shape index (κ3) is 3.96. The van der Waals surface area contributed by atoms with Crippen LogP contribution >= 0.6 is 0 Å². The quantitative estimate of drug-likeness (QED) is 0.728. The largest absolute Gasteiger partial charge is 0.445 e. The van der Waals surface area contributed by atoms with Crippen LogP contribution < -0.4 is 10.6 Å². The molecule has 1 aliphatic rings. The number of hydrogen-bond donors (Lipinski definition) is 1. The SMILES string of the molecule is N#Cc1ccc(Cn2c(N3CCC[C@H](OC(N)=O)C3)nc3cc(F)ccc32)nc1. The highest BCUT2D eigenvalue weighted by atomic mass is 19.1. The molecular weight excluding hydrogens is 375 g/mol. The van der Waals surface area contributed by atoms with E-state index in [2.05, 4.69) is 9.97 Å². The molecule has 1 atom stereocenters. The molecule has 2 aromatic heterocycles. The van der Waals surface area contributed by atoms with Gasteiger partial charge in [0.1, 0.15) is 18.0 Å². The number of imidazole rings is 1. The van der Waals surface area contributed by atoms with E-state index in [9.17, 15) is 9.18 Å². The van der Waals surface area contributed by atoms with Crippen molar-refractivity contribution in [2.24, 2.45) is 5.73 Å². The fourth-order valence-corrected chi connectivity index (χ4v) is 3.61. The van der Waals surface area contributed by atoms with Crippen LogP contribution in [0.15, 0.2) is 36.5 Å². The lowest BCUT2D eigenvalue weighted by Crippen LogP contribution is -2.42. The summed E-state index contributed by atoms with van der Waals surface area (Å²) in [4.78, 5) is 22.1. The van der Waals surface area contributed by atoms with Gasteiger partial charge in [0.15, 0.2) is 0 Å². The molecule has 0 radical (unpaired) electrons. The van der Waals surface area contributed by atoms with Crippen molar-refractivity contribution in [3.8, 4) is 6.07 Å². The first-order valence-electron chi connectivity index (χ1n) is 9.25. The lowest BCUT2D eigenvalue weighted by atomic mass is 10.1. The summed E-state index contributed by atoms with van der Waals surface area (Å²) in [6, 6.07) is 10.0. The van der Waals surface area contributed by atoms with Gasteiger partial charge in [-0.05, 0) is 37.1 Å². The van der Waals surface area contributed by atoms with Gasteiger partial charge in [-0.3, -0.25) is 4.98 Å². The van der Waals surface area contributed by atoms with Crippen LogP contribution in [-0.4, -0.2) is 39.8 Å². The highest BCUT2D eigenvalue weighted by molar-refractivity contribution is 5.79.